The number of carbonyl (C=O) groups is 2. The number of halogens is 2. The standard InChI is InChI=1S/C26H27F2N3O3/c1-26(2)12-18(13-26)24(15-3-5-16(6-4-15)25(34)29-8-7-23(32)33)31-19-9-17-10-20(27)21(28)11-22(17)30-14-19/h3-6,9-11,14,18,24,31H,7-8,12-13H2,1-2H3,(H,29,34)(H,32,33)/t24-/m1/s1. The van der Waals surface area contributed by atoms with E-state index < -0.39 is 17.6 Å². The van der Waals surface area contributed by atoms with Gasteiger partial charge in [-0.1, -0.05) is 26.0 Å². The number of fused-ring (bicyclic) bond motifs is 1. The quantitative estimate of drug-likeness (QED) is 0.418. The molecule has 1 amide bonds. The van der Waals surface area contributed by atoms with E-state index in [1.807, 2.05) is 12.1 Å². The summed E-state index contributed by atoms with van der Waals surface area (Å²) in [5.74, 6) is -2.78. The monoisotopic (exact) mass is 467 g/mol. The predicted octanol–water partition coefficient (Wildman–Crippen LogP) is 5.31. The maximum atomic E-state index is 13.7. The van der Waals surface area contributed by atoms with Crippen LogP contribution in [0.3, 0.4) is 0 Å². The fourth-order valence-electron chi connectivity index (χ4n) is 4.68. The van der Waals surface area contributed by atoms with E-state index in [1.165, 1.54) is 0 Å². The largest absolute Gasteiger partial charge is 0.481 e. The van der Waals surface area contributed by atoms with Crippen LogP contribution in [0, 0.1) is 23.0 Å². The van der Waals surface area contributed by atoms with Crippen LogP contribution in [0.4, 0.5) is 14.5 Å². The lowest BCUT2D eigenvalue weighted by atomic mass is 9.61. The van der Waals surface area contributed by atoms with Gasteiger partial charge >= 0.3 is 5.97 Å². The normalized spacial score (nSPS) is 16.0. The molecule has 0 aliphatic heterocycles. The van der Waals surface area contributed by atoms with Gasteiger partial charge in [-0.25, -0.2) is 8.78 Å². The molecule has 1 atom stereocenters. The maximum Gasteiger partial charge on any atom is 0.305 e. The number of hydrogen-bond donors (Lipinski definition) is 3. The van der Waals surface area contributed by atoms with Gasteiger partial charge < -0.3 is 15.7 Å². The molecule has 0 bridgehead atoms. The summed E-state index contributed by atoms with van der Waals surface area (Å²) in [7, 11) is 0. The van der Waals surface area contributed by atoms with Crippen molar-refractivity contribution in [3.8, 4) is 0 Å². The highest BCUT2D eigenvalue weighted by atomic mass is 19.2. The molecule has 1 aliphatic rings. The van der Waals surface area contributed by atoms with Gasteiger partial charge in [0.2, 0.25) is 0 Å². The van der Waals surface area contributed by atoms with Gasteiger partial charge in [0.05, 0.1) is 29.9 Å². The number of amides is 1. The third-order valence-corrected chi connectivity index (χ3v) is 6.30. The average molecular weight is 468 g/mol. The van der Waals surface area contributed by atoms with E-state index in [2.05, 4.69) is 29.5 Å². The molecule has 0 radical (unpaired) electrons. The first-order valence-electron chi connectivity index (χ1n) is 11.2. The van der Waals surface area contributed by atoms with E-state index in [9.17, 15) is 18.4 Å². The van der Waals surface area contributed by atoms with Crippen LogP contribution in [-0.2, 0) is 4.79 Å². The number of carboxylic acids is 1. The minimum atomic E-state index is -0.968. The third-order valence-electron chi connectivity index (χ3n) is 6.30. The average Bonchev–Trinajstić information content (AvgIpc) is 2.76. The summed E-state index contributed by atoms with van der Waals surface area (Å²) in [5.41, 5.74) is 2.77. The predicted molar refractivity (Wildman–Crippen MR) is 126 cm³/mol. The van der Waals surface area contributed by atoms with Crippen LogP contribution < -0.4 is 10.6 Å². The van der Waals surface area contributed by atoms with Crippen molar-refractivity contribution in [2.45, 2.75) is 39.2 Å². The number of carboxylic acid groups (broad SMARTS) is 1. The van der Waals surface area contributed by atoms with Gasteiger partial charge in [0.25, 0.3) is 5.91 Å². The second kappa shape index (κ2) is 9.37. The van der Waals surface area contributed by atoms with Crippen LogP contribution >= 0.6 is 0 Å². The lowest BCUT2D eigenvalue weighted by molar-refractivity contribution is -0.136. The number of aromatic nitrogens is 1. The van der Waals surface area contributed by atoms with Crippen LogP contribution in [-0.4, -0.2) is 28.5 Å². The van der Waals surface area contributed by atoms with E-state index in [0.29, 0.717) is 28.1 Å². The first-order chi connectivity index (χ1) is 16.1. The topological polar surface area (TPSA) is 91.3 Å². The molecule has 8 heteroatoms. The Kier molecular flexibility index (Phi) is 6.50. The highest BCUT2D eigenvalue weighted by Gasteiger charge is 2.41. The fraction of sp³-hybridized carbons (Fsp3) is 0.346. The number of aliphatic carboxylic acids is 1. The van der Waals surface area contributed by atoms with Crippen molar-refractivity contribution in [2.24, 2.45) is 11.3 Å². The van der Waals surface area contributed by atoms with Gasteiger partial charge in [-0.2, -0.15) is 0 Å². The number of nitrogens with one attached hydrogen (secondary N) is 2. The van der Waals surface area contributed by atoms with E-state index >= 15 is 0 Å². The Morgan fingerprint density at radius 3 is 2.44 bits per heavy atom. The van der Waals surface area contributed by atoms with Gasteiger partial charge in [-0.05, 0) is 54.0 Å². The number of anilines is 1. The Balaban J connectivity index is 1.55. The van der Waals surface area contributed by atoms with Crippen LogP contribution in [0.25, 0.3) is 10.9 Å². The molecule has 0 spiro atoms. The molecule has 0 saturated heterocycles. The molecule has 1 saturated carbocycles. The SMILES string of the molecule is CC1(C)CC([C@H](Nc2cnc3cc(F)c(F)cc3c2)c2ccc(C(=O)NCCC(=O)O)cc2)C1. The highest BCUT2D eigenvalue weighted by molar-refractivity contribution is 5.94. The number of pyridine rings is 1. The summed E-state index contributed by atoms with van der Waals surface area (Å²) in [6.45, 7) is 4.51. The summed E-state index contributed by atoms with van der Waals surface area (Å²) in [6, 6.07) is 11.1. The molecule has 1 fully saturated rings. The lowest BCUT2D eigenvalue weighted by Gasteiger charge is -2.47. The zero-order valence-electron chi connectivity index (χ0n) is 19.1. The van der Waals surface area contributed by atoms with Crippen molar-refractivity contribution in [3.05, 3.63) is 71.4 Å². The molecule has 1 heterocycles. The van der Waals surface area contributed by atoms with E-state index in [1.54, 1.807) is 24.4 Å². The van der Waals surface area contributed by atoms with Gasteiger partial charge in [-0.15, -0.1) is 0 Å². The Bertz CT molecular complexity index is 1220. The van der Waals surface area contributed by atoms with Crippen LogP contribution in [0.1, 0.15) is 55.1 Å². The summed E-state index contributed by atoms with van der Waals surface area (Å²) < 4.78 is 27.2. The zero-order chi connectivity index (χ0) is 24.5. The highest BCUT2D eigenvalue weighted by Crippen LogP contribution is 2.51. The summed E-state index contributed by atoms with van der Waals surface area (Å²) in [4.78, 5) is 27.2. The van der Waals surface area contributed by atoms with Crippen molar-refractivity contribution in [2.75, 3.05) is 11.9 Å². The van der Waals surface area contributed by atoms with Crippen LogP contribution in [0.2, 0.25) is 0 Å². The maximum absolute atomic E-state index is 13.7. The Morgan fingerprint density at radius 2 is 1.79 bits per heavy atom. The Labute approximate surface area is 196 Å². The number of nitrogens with zero attached hydrogens (tertiary/aromatic N) is 1. The first kappa shape index (κ1) is 23.6. The molecule has 34 heavy (non-hydrogen) atoms. The third kappa shape index (κ3) is 5.32. The molecule has 2 aromatic carbocycles. The van der Waals surface area contributed by atoms with Crippen molar-refractivity contribution >= 4 is 28.5 Å². The molecule has 4 rings (SSSR count). The second-order valence-electron chi connectivity index (χ2n) is 9.66. The molecule has 1 aromatic heterocycles. The van der Waals surface area contributed by atoms with Crippen molar-refractivity contribution in [3.63, 3.8) is 0 Å². The van der Waals surface area contributed by atoms with Crippen molar-refractivity contribution in [1.29, 1.82) is 0 Å². The summed E-state index contributed by atoms with van der Waals surface area (Å²) >= 11 is 0. The van der Waals surface area contributed by atoms with Crippen molar-refractivity contribution in [1.82, 2.24) is 10.3 Å². The number of benzene rings is 2. The summed E-state index contributed by atoms with van der Waals surface area (Å²) in [5, 5.41) is 15.3. The van der Waals surface area contributed by atoms with Gasteiger partial charge in [0, 0.05) is 23.6 Å². The van der Waals surface area contributed by atoms with E-state index in [0.717, 1.165) is 30.5 Å². The minimum Gasteiger partial charge on any atom is -0.481 e. The Morgan fingerprint density at radius 1 is 1.12 bits per heavy atom. The van der Waals surface area contributed by atoms with Crippen molar-refractivity contribution < 1.29 is 23.5 Å². The molecule has 1 aliphatic carbocycles. The molecule has 178 valence electrons. The summed E-state index contributed by atoms with van der Waals surface area (Å²) in [6.07, 6.45) is 3.51. The van der Waals surface area contributed by atoms with Crippen LogP contribution in [0.15, 0.2) is 48.7 Å². The second-order valence-corrected chi connectivity index (χ2v) is 9.66. The molecular formula is C26H27F2N3O3. The zero-order valence-corrected chi connectivity index (χ0v) is 19.1. The van der Waals surface area contributed by atoms with Gasteiger partial charge in [0.15, 0.2) is 11.6 Å². The molecule has 0 unspecified atom stereocenters. The van der Waals surface area contributed by atoms with E-state index in [4.69, 9.17) is 5.11 Å². The number of rotatable bonds is 8. The lowest BCUT2D eigenvalue weighted by Crippen LogP contribution is -2.38. The number of hydrogen-bond acceptors (Lipinski definition) is 4. The molecule has 3 aromatic rings. The fourth-order valence-corrected chi connectivity index (χ4v) is 4.68. The van der Waals surface area contributed by atoms with Gasteiger partial charge in [-0.3, -0.25) is 14.6 Å². The number of carbonyl (C=O) groups excluding carboxylic acids is 1. The molecule has 3 N–H and O–H groups in total. The molecular weight excluding hydrogens is 440 g/mol. The minimum absolute atomic E-state index is 0.0540. The Hall–Kier alpha value is -3.55. The van der Waals surface area contributed by atoms with Crippen LogP contribution in [0.5, 0.6) is 0 Å². The first-order valence-corrected chi connectivity index (χ1v) is 11.2. The van der Waals surface area contributed by atoms with E-state index in [-0.39, 0.29) is 30.3 Å². The van der Waals surface area contributed by atoms with Gasteiger partial charge in [0.1, 0.15) is 0 Å². The molecule has 6 nitrogen and oxygen atoms in total. The smallest absolute Gasteiger partial charge is 0.305 e.